The van der Waals surface area contributed by atoms with Gasteiger partial charge in [0.25, 0.3) is 0 Å². The second-order valence-electron chi connectivity index (χ2n) is 7.42. The van der Waals surface area contributed by atoms with Crippen LogP contribution in [0.15, 0.2) is 60.8 Å². The summed E-state index contributed by atoms with van der Waals surface area (Å²) >= 11 is 0. The Morgan fingerprint density at radius 1 is 1.03 bits per heavy atom. The predicted molar refractivity (Wildman–Crippen MR) is 116 cm³/mol. The largest absolute Gasteiger partial charge is 0.493 e. The minimum atomic E-state index is 0.0372. The Morgan fingerprint density at radius 3 is 2.69 bits per heavy atom. The topological polar surface area (TPSA) is 54.5 Å². The smallest absolute Gasteiger partial charge is 0.220 e. The first-order chi connectivity index (χ1) is 14.3. The first-order valence-electron chi connectivity index (χ1n) is 10.4. The number of benzene rings is 2. The van der Waals surface area contributed by atoms with Gasteiger partial charge in [-0.3, -0.25) is 4.79 Å². The molecule has 0 unspecified atom stereocenters. The summed E-state index contributed by atoms with van der Waals surface area (Å²) in [4.78, 5) is 19.0. The molecule has 2 aromatic carbocycles. The number of hydrogen-bond acceptors (Lipinski definition) is 4. The maximum atomic E-state index is 12.1. The fourth-order valence-electron chi connectivity index (χ4n) is 3.68. The van der Waals surface area contributed by atoms with E-state index in [4.69, 9.17) is 4.74 Å². The number of nitrogens with one attached hydrogen (secondary N) is 1. The van der Waals surface area contributed by atoms with Gasteiger partial charge in [-0.2, -0.15) is 0 Å². The lowest BCUT2D eigenvalue weighted by Gasteiger charge is -2.16. The average Bonchev–Trinajstić information content (AvgIpc) is 3.31. The first-order valence-corrected chi connectivity index (χ1v) is 10.4. The Morgan fingerprint density at radius 2 is 1.86 bits per heavy atom. The van der Waals surface area contributed by atoms with Crippen molar-refractivity contribution in [3.05, 3.63) is 66.4 Å². The monoisotopic (exact) mass is 389 g/mol. The summed E-state index contributed by atoms with van der Waals surface area (Å²) in [7, 11) is 0. The van der Waals surface area contributed by atoms with Gasteiger partial charge in [0.05, 0.1) is 6.61 Å². The fraction of sp³-hybridized carbons (Fsp3) is 0.333. The zero-order valence-corrected chi connectivity index (χ0v) is 16.6. The molecule has 1 amide bonds. The molecule has 3 aromatic rings. The molecule has 1 N–H and O–H groups in total. The van der Waals surface area contributed by atoms with Crippen molar-refractivity contribution in [3.63, 3.8) is 0 Å². The Labute approximate surface area is 171 Å². The van der Waals surface area contributed by atoms with Crippen LogP contribution in [0.1, 0.15) is 31.2 Å². The summed E-state index contributed by atoms with van der Waals surface area (Å²) < 4.78 is 5.90. The van der Waals surface area contributed by atoms with Gasteiger partial charge in [0.2, 0.25) is 5.91 Å². The van der Waals surface area contributed by atoms with Gasteiger partial charge >= 0.3 is 0 Å². The maximum Gasteiger partial charge on any atom is 0.220 e. The Kier molecular flexibility index (Phi) is 6.25. The van der Waals surface area contributed by atoms with Crippen LogP contribution < -0.4 is 15.0 Å². The van der Waals surface area contributed by atoms with Crippen molar-refractivity contribution in [2.24, 2.45) is 0 Å². The van der Waals surface area contributed by atoms with E-state index in [9.17, 15) is 4.79 Å². The summed E-state index contributed by atoms with van der Waals surface area (Å²) in [5, 5.41) is 5.23. The number of ether oxygens (including phenoxy) is 1. The van der Waals surface area contributed by atoms with E-state index in [-0.39, 0.29) is 5.91 Å². The quantitative estimate of drug-likeness (QED) is 0.583. The number of pyridine rings is 1. The molecule has 1 aliphatic rings. The number of aromatic nitrogens is 1. The lowest BCUT2D eigenvalue weighted by molar-refractivity contribution is -0.121. The van der Waals surface area contributed by atoms with Gasteiger partial charge in [0.15, 0.2) is 0 Å². The molecule has 1 saturated heterocycles. The molecule has 5 nitrogen and oxygen atoms in total. The van der Waals surface area contributed by atoms with E-state index in [2.05, 4.69) is 33.4 Å². The Bertz CT molecular complexity index is 945. The number of carbonyl (C=O) groups excluding carboxylic acids is 1. The molecule has 4 rings (SSSR count). The molecule has 5 heteroatoms. The third-order valence-corrected chi connectivity index (χ3v) is 5.28. The van der Waals surface area contributed by atoms with Crippen molar-refractivity contribution in [2.45, 2.75) is 32.2 Å². The van der Waals surface area contributed by atoms with Crippen molar-refractivity contribution < 1.29 is 9.53 Å². The summed E-state index contributed by atoms with van der Waals surface area (Å²) in [6, 6.07) is 18.3. The number of amides is 1. The molecular formula is C24H27N3O2. The van der Waals surface area contributed by atoms with E-state index in [0.717, 1.165) is 41.0 Å². The Balaban J connectivity index is 1.18. The molecule has 29 heavy (non-hydrogen) atoms. The van der Waals surface area contributed by atoms with E-state index in [1.807, 2.05) is 42.6 Å². The van der Waals surface area contributed by atoms with Crippen LogP contribution in [-0.2, 0) is 11.3 Å². The van der Waals surface area contributed by atoms with Crippen molar-refractivity contribution in [1.82, 2.24) is 10.3 Å². The number of nitrogens with zero attached hydrogens (tertiary/aromatic N) is 2. The highest BCUT2D eigenvalue weighted by Gasteiger charge is 2.13. The number of rotatable bonds is 8. The van der Waals surface area contributed by atoms with Crippen LogP contribution in [0.3, 0.4) is 0 Å². The fourth-order valence-corrected chi connectivity index (χ4v) is 3.68. The number of fused-ring (bicyclic) bond motifs is 1. The van der Waals surface area contributed by atoms with E-state index in [1.165, 1.54) is 12.8 Å². The summed E-state index contributed by atoms with van der Waals surface area (Å²) in [6.07, 6.45) is 5.47. The molecule has 1 fully saturated rings. The van der Waals surface area contributed by atoms with Crippen molar-refractivity contribution in [2.75, 3.05) is 24.6 Å². The van der Waals surface area contributed by atoms with E-state index < -0.39 is 0 Å². The summed E-state index contributed by atoms with van der Waals surface area (Å²) in [5.41, 5.74) is 1.02. The molecule has 2 heterocycles. The second-order valence-corrected chi connectivity index (χ2v) is 7.42. The average molecular weight is 389 g/mol. The molecule has 1 aromatic heterocycles. The van der Waals surface area contributed by atoms with Crippen LogP contribution in [-0.4, -0.2) is 30.6 Å². The van der Waals surface area contributed by atoms with Gasteiger partial charge in [0.1, 0.15) is 11.6 Å². The van der Waals surface area contributed by atoms with Crippen LogP contribution >= 0.6 is 0 Å². The van der Waals surface area contributed by atoms with Crippen molar-refractivity contribution >= 4 is 22.5 Å². The first kappa shape index (κ1) is 19.2. The van der Waals surface area contributed by atoms with Gasteiger partial charge < -0.3 is 15.0 Å². The van der Waals surface area contributed by atoms with Crippen molar-refractivity contribution in [3.8, 4) is 5.75 Å². The molecule has 0 spiro atoms. The minimum absolute atomic E-state index is 0.0372. The zero-order valence-electron chi connectivity index (χ0n) is 16.6. The van der Waals surface area contributed by atoms with Crippen LogP contribution in [0.2, 0.25) is 0 Å². The highest BCUT2D eigenvalue weighted by atomic mass is 16.5. The van der Waals surface area contributed by atoms with Gasteiger partial charge in [0, 0.05) is 37.6 Å². The van der Waals surface area contributed by atoms with E-state index in [0.29, 0.717) is 26.0 Å². The third-order valence-electron chi connectivity index (χ3n) is 5.28. The molecule has 1 aliphatic heterocycles. The molecule has 0 radical (unpaired) electrons. The highest BCUT2D eigenvalue weighted by Crippen LogP contribution is 2.25. The molecule has 150 valence electrons. The third kappa shape index (κ3) is 5.05. The second kappa shape index (κ2) is 9.41. The van der Waals surface area contributed by atoms with E-state index >= 15 is 0 Å². The van der Waals surface area contributed by atoms with Crippen LogP contribution in [0.4, 0.5) is 5.82 Å². The number of hydrogen-bond donors (Lipinski definition) is 1. The maximum absolute atomic E-state index is 12.1. The minimum Gasteiger partial charge on any atom is -0.493 e. The summed E-state index contributed by atoms with van der Waals surface area (Å²) in [5.74, 6) is 1.94. The van der Waals surface area contributed by atoms with Crippen LogP contribution in [0.5, 0.6) is 5.75 Å². The van der Waals surface area contributed by atoms with Crippen molar-refractivity contribution in [1.29, 1.82) is 0 Å². The molecule has 0 aliphatic carbocycles. The van der Waals surface area contributed by atoms with Gasteiger partial charge in [-0.05, 0) is 42.3 Å². The molecular weight excluding hydrogens is 362 g/mol. The number of carbonyl (C=O) groups is 1. The van der Waals surface area contributed by atoms with E-state index in [1.54, 1.807) is 0 Å². The summed E-state index contributed by atoms with van der Waals surface area (Å²) in [6.45, 7) is 3.21. The number of anilines is 1. The van der Waals surface area contributed by atoms with Gasteiger partial charge in [-0.15, -0.1) is 0 Å². The lowest BCUT2D eigenvalue weighted by atomic mass is 10.1. The normalized spacial score (nSPS) is 13.6. The van der Waals surface area contributed by atoms with Crippen LogP contribution in [0, 0.1) is 0 Å². The van der Waals surface area contributed by atoms with Crippen LogP contribution in [0.25, 0.3) is 10.8 Å². The highest BCUT2D eigenvalue weighted by molar-refractivity contribution is 5.88. The van der Waals surface area contributed by atoms with Gasteiger partial charge in [-0.25, -0.2) is 4.98 Å². The SMILES string of the molecule is O=C(CCCOc1cccc2ccccc12)NCc1ccc(N2CCCC2)nc1. The predicted octanol–water partition coefficient (Wildman–Crippen LogP) is 4.31. The standard InChI is InChI=1S/C24H27N3O2/c28-24(26-18-19-12-13-23(25-17-19)27-14-3-4-15-27)11-6-16-29-22-10-5-8-20-7-1-2-9-21(20)22/h1-2,5,7-10,12-13,17H,3-4,6,11,14-16,18H2,(H,26,28). The molecule has 0 saturated carbocycles. The Hall–Kier alpha value is -3.08. The van der Waals surface area contributed by atoms with Gasteiger partial charge in [-0.1, -0.05) is 42.5 Å². The molecule has 0 atom stereocenters. The zero-order chi connectivity index (χ0) is 19.9. The lowest BCUT2D eigenvalue weighted by Crippen LogP contribution is -2.23. The molecule has 0 bridgehead atoms.